The summed E-state index contributed by atoms with van der Waals surface area (Å²) in [5.41, 5.74) is 0. The molecule has 0 radical (unpaired) electrons. The van der Waals surface area contributed by atoms with Crippen LogP contribution in [0.3, 0.4) is 0 Å². The number of likely N-dealkylation sites (N-methyl/N-ethyl adjacent to an activating group) is 1. The van der Waals surface area contributed by atoms with E-state index in [2.05, 4.69) is 26.2 Å². The molecule has 1 saturated heterocycles. The van der Waals surface area contributed by atoms with Gasteiger partial charge >= 0.3 is 0 Å². The first kappa shape index (κ1) is 13.2. The molecule has 0 aromatic carbocycles. The van der Waals surface area contributed by atoms with Crippen LogP contribution in [0.5, 0.6) is 0 Å². The Kier molecular flexibility index (Phi) is 4.13. The van der Waals surface area contributed by atoms with Crippen LogP contribution in [0.1, 0.15) is 0 Å². The summed E-state index contributed by atoms with van der Waals surface area (Å²) in [7, 11) is 1.54. The number of halogens is 2. The highest BCUT2D eigenvalue weighted by atomic mass is 79.9. The third-order valence-electron chi connectivity index (χ3n) is 2.69. The Morgan fingerprint density at radius 3 is 3.17 bits per heavy atom. The number of pyridine rings is 1. The average molecular weight is 318 g/mol. The number of aromatic nitrogens is 1. The first-order valence-electron chi connectivity index (χ1n) is 5.51. The number of anilines is 1. The van der Waals surface area contributed by atoms with E-state index in [1.807, 2.05) is 0 Å². The Hall–Kier alpha value is -1.21. The maximum absolute atomic E-state index is 13.8. The molecule has 18 heavy (non-hydrogen) atoms. The summed E-state index contributed by atoms with van der Waals surface area (Å²) in [4.78, 5) is 17.2. The summed E-state index contributed by atoms with van der Waals surface area (Å²) in [6.07, 6.45) is 0.941. The molecule has 2 heterocycles. The van der Waals surface area contributed by atoms with Crippen LogP contribution in [0.15, 0.2) is 16.7 Å². The van der Waals surface area contributed by atoms with Crippen LogP contribution in [0, 0.1) is 5.82 Å². The van der Waals surface area contributed by atoms with Crippen LogP contribution in [-0.2, 0) is 9.53 Å². The highest BCUT2D eigenvalue weighted by Crippen LogP contribution is 2.21. The number of nitrogens with one attached hydrogen (secondary N) is 1. The van der Waals surface area contributed by atoms with E-state index < -0.39 is 11.9 Å². The molecule has 1 aliphatic heterocycles. The summed E-state index contributed by atoms with van der Waals surface area (Å²) in [5, 5.41) is 2.52. The van der Waals surface area contributed by atoms with Gasteiger partial charge in [-0.05, 0) is 22.0 Å². The largest absolute Gasteiger partial charge is 0.365 e. The lowest BCUT2D eigenvalue weighted by Crippen LogP contribution is -2.49. The average Bonchev–Trinajstić information content (AvgIpc) is 2.38. The molecule has 2 rings (SSSR count). The molecule has 1 aromatic rings. The van der Waals surface area contributed by atoms with E-state index in [0.29, 0.717) is 24.2 Å². The van der Waals surface area contributed by atoms with E-state index in [1.165, 1.54) is 12.3 Å². The molecule has 1 unspecified atom stereocenters. The molecule has 1 aromatic heterocycles. The molecule has 1 N–H and O–H groups in total. The van der Waals surface area contributed by atoms with Crippen LogP contribution in [0.25, 0.3) is 0 Å². The van der Waals surface area contributed by atoms with Gasteiger partial charge in [0.2, 0.25) is 0 Å². The number of carbonyl (C=O) groups is 1. The van der Waals surface area contributed by atoms with Gasteiger partial charge in [-0.15, -0.1) is 0 Å². The lowest BCUT2D eigenvalue weighted by molar-refractivity contribution is -0.132. The fourth-order valence-corrected chi connectivity index (χ4v) is 2.10. The van der Waals surface area contributed by atoms with E-state index in [-0.39, 0.29) is 11.7 Å². The van der Waals surface area contributed by atoms with Crippen molar-refractivity contribution in [3.63, 3.8) is 0 Å². The van der Waals surface area contributed by atoms with Crippen LogP contribution >= 0.6 is 15.9 Å². The molecule has 7 heteroatoms. The fourth-order valence-electron chi connectivity index (χ4n) is 1.80. The standard InChI is InChI=1S/C11H13BrFN3O2/c1-14-11(17)9-6-16(2-3-18-9)10-8(13)4-7(12)5-15-10/h4-5,9H,2-3,6H2,1H3,(H,14,17). The van der Waals surface area contributed by atoms with Crippen molar-refractivity contribution in [1.82, 2.24) is 10.3 Å². The minimum Gasteiger partial charge on any atom is -0.365 e. The Morgan fingerprint density at radius 1 is 1.72 bits per heavy atom. The van der Waals surface area contributed by atoms with Crippen molar-refractivity contribution in [1.29, 1.82) is 0 Å². The van der Waals surface area contributed by atoms with Crippen LogP contribution in [0.2, 0.25) is 0 Å². The zero-order chi connectivity index (χ0) is 13.1. The summed E-state index contributed by atoms with van der Waals surface area (Å²) < 4.78 is 19.7. The minimum atomic E-state index is -0.589. The van der Waals surface area contributed by atoms with Crippen molar-refractivity contribution in [2.75, 3.05) is 31.6 Å². The molecule has 1 atom stereocenters. The molecule has 1 amide bonds. The molecular weight excluding hydrogens is 305 g/mol. The van der Waals surface area contributed by atoms with Gasteiger partial charge < -0.3 is 15.0 Å². The van der Waals surface area contributed by atoms with Gasteiger partial charge in [-0.3, -0.25) is 4.79 Å². The van der Waals surface area contributed by atoms with Gasteiger partial charge in [0.15, 0.2) is 17.7 Å². The van der Waals surface area contributed by atoms with E-state index in [0.717, 1.165) is 0 Å². The number of amides is 1. The smallest absolute Gasteiger partial charge is 0.250 e. The minimum absolute atomic E-state index is 0.211. The zero-order valence-electron chi connectivity index (χ0n) is 9.82. The monoisotopic (exact) mass is 317 g/mol. The third kappa shape index (κ3) is 2.78. The Bertz CT molecular complexity index is 458. The van der Waals surface area contributed by atoms with Crippen LogP contribution in [-0.4, -0.2) is 43.7 Å². The van der Waals surface area contributed by atoms with Gasteiger partial charge in [0.25, 0.3) is 5.91 Å². The zero-order valence-corrected chi connectivity index (χ0v) is 11.4. The SMILES string of the molecule is CNC(=O)C1CN(c2ncc(Br)cc2F)CCO1. The van der Waals surface area contributed by atoms with Crippen molar-refractivity contribution in [2.45, 2.75) is 6.10 Å². The second-order valence-corrected chi connectivity index (χ2v) is 4.79. The molecule has 1 fully saturated rings. The van der Waals surface area contributed by atoms with Crippen molar-refractivity contribution in [3.8, 4) is 0 Å². The molecule has 5 nitrogen and oxygen atoms in total. The first-order chi connectivity index (χ1) is 8.61. The Labute approximate surface area is 112 Å². The summed E-state index contributed by atoms with van der Waals surface area (Å²) >= 11 is 3.16. The Morgan fingerprint density at radius 2 is 2.50 bits per heavy atom. The molecular formula is C11H13BrFN3O2. The number of hydrogen-bond acceptors (Lipinski definition) is 4. The van der Waals surface area contributed by atoms with E-state index in [1.54, 1.807) is 11.9 Å². The van der Waals surface area contributed by atoms with Gasteiger partial charge in [0, 0.05) is 24.3 Å². The van der Waals surface area contributed by atoms with E-state index >= 15 is 0 Å². The van der Waals surface area contributed by atoms with Crippen molar-refractivity contribution in [2.24, 2.45) is 0 Å². The van der Waals surface area contributed by atoms with E-state index in [4.69, 9.17) is 4.74 Å². The fraction of sp³-hybridized carbons (Fsp3) is 0.455. The Balaban J connectivity index is 2.15. The summed E-state index contributed by atoms with van der Waals surface area (Å²) in [6.45, 7) is 1.18. The van der Waals surface area contributed by atoms with Crippen LogP contribution < -0.4 is 10.2 Å². The van der Waals surface area contributed by atoms with Gasteiger partial charge in [0.05, 0.1) is 13.2 Å². The molecule has 0 spiro atoms. The lowest BCUT2D eigenvalue weighted by atomic mass is 10.2. The predicted octanol–water partition coefficient (Wildman–Crippen LogP) is 0.934. The maximum Gasteiger partial charge on any atom is 0.250 e. The normalized spacial score (nSPS) is 19.7. The predicted molar refractivity (Wildman–Crippen MR) is 67.9 cm³/mol. The number of morpholine rings is 1. The number of ether oxygens (including phenoxy) is 1. The van der Waals surface area contributed by atoms with Gasteiger partial charge in [-0.2, -0.15) is 0 Å². The molecule has 1 aliphatic rings. The highest BCUT2D eigenvalue weighted by Gasteiger charge is 2.27. The van der Waals surface area contributed by atoms with Gasteiger partial charge in [-0.25, -0.2) is 9.37 Å². The third-order valence-corrected chi connectivity index (χ3v) is 3.13. The molecule has 0 saturated carbocycles. The highest BCUT2D eigenvalue weighted by molar-refractivity contribution is 9.10. The quantitative estimate of drug-likeness (QED) is 0.882. The van der Waals surface area contributed by atoms with Crippen molar-refractivity contribution >= 4 is 27.7 Å². The van der Waals surface area contributed by atoms with Gasteiger partial charge in [-0.1, -0.05) is 0 Å². The van der Waals surface area contributed by atoms with Crippen molar-refractivity contribution < 1.29 is 13.9 Å². The summed E-state index contributed by atoms with van der Waals surface area (Å²) in [5.74, 6) is -0.380. The maximum atomic E-state index is 13.8. The molecule has 98 valence electrons. The van der Waals surface area contributed by atoms with Crippen molar-refractivity contribution in [3.05, 3.63) is 22.6 Å². The van der Waals surface area contributed by atoms with Crippen LogP contribution in [0.4, 0.5) is 10.2 Å². The number of nitrogens with zero attached hydrogens (tertiary/aromatic N) is 2. The molecule has 0 aliphatic carbocycles. The topological polar surface area (TPSA) is 54.5 Å². The van der Waals surface area contributed by atoms with E-state index in [9.17, 15) is 9.18 Å². The lowest BCUT2D eigenvalue weighted by Gasteiger charge is -2.32. The van der Waals surface area contributed by atoms with Gasteiger partial charge in [0.1, 0.15) is 0 Å². The molecule has 0 bridgehead atoms. The first-order valence-corrected chi connectivity index (χ1v) is 6.30. The number of rotatable bonds is 2. The number of hydrogen-bond donors (Lipinski definition) is 1. The second kappa shape index (κ2) is 5.62. The summed E-state index contributed by atoms with van der Waals surface area (Å²) in [6, 6.07) is 1.35. The second-order valence-electron chi connectivity index (χ2n) is 3.88. The number of carbonyl (C=O) groups excluding carboxylic acids is 1.